The number of pyridine rings is 1. The summed E-state index contributed by atoms with van der Waals surface area (Å²) in [6, 6.07) is 14.1. The lowest BCUT2D eigenvalue weighted by molar-refractivity contribution is -0.914. The lowest BCUT2D eigenvalue weighted by atomic mass is 10.0. The van der Waals surface area contributed by atoms with Crippen LogP contribution in [0.4, 0.5) is 4.39 Å². The van der Waals surface area contributed by atoms with Gasteiger partial charge in [-0.15, -0.1) is 5.10 Å². The van der Waals surface area contributed by atoms with Gasteiger partial charge >= 0.3 is 0 Å². The van der Waals surface area contributed by atoms with Crippen molar-refractivity contribution in [3.63, 3.8) is 0 Å². The van der Waals surface area contributed by atoms with Crippen LogP contribution in [0.3, 0.4) is 0 Å². The standard InChI is InChI=1S/C23H23FN6O/c1-15-4-7-17-13-19(23(31)25-20(17)12-15)21(29-10-2-3-11-29)22-26-27-28-30(22)14-16-5-8-18(24)9-6-16/h4-9,12-13,21H,2-3,10-11,14H2,1H3,(H,25,31)/p+1/t21-/m1/s1. The van der Waals surface area contributed by atoms with E-state index in [0.29, 0.717) is 17.9 Å². The van der Waals surface area contributed by atoms with E-state index in [1.54, 1.807) is 16.8 Å². The van der Waals surface area contributed by atoms with E-state index in [2.05, 4.69) is 20.5 Å². The summed E-state index contributed by atoms with van der Waals surface area (Å²) in [6.45, 7) is 4.34. The molecule has 3 heterocycles. The van der Waals surface area contributed by atoms with Crippen LogP contribution in [0.5, 0.6) is 0 Å². The van der Waals surface area contributed by atoms with Gasteiger partial charge in [0.25, 0.3) is 5.56 Å². The number of halogens is 1. The third-order valence-electron chi connectivity index (χ3n) is 6.06. The topological polar surface area (TPSA) is 80.9 Å². The van der Waals surface area contributed by atoms with Gasteiger partial charge in [0.2, 0.25) is 5.82 Å². The number of rotatable bonds is 5. The Morgan fingerprint density at radius 3 is 2.68 bits per heavy atom. The van der Waals surface area contributed by atoms with Crippen molar-refractivity contribution < 1.29 is 9.29 Å². The Balaban J connectivity index is 1.60. The minimum atomic E-state index is -0.280. The molecule has 0 radical (unpaired) electrons. The van der Waals surface area contributed by atoms with Crippen LogP contribution < -0.4 is 10.5 Å². The molecule has 2 N–H and O–H groups in total. The number of likely N-dealkylation sites (tertiary alicyclic amines) is 1. The lowest BCUT2D eigenvalue weighted by Crippen LogP contribution is -3.10. The molecule has 1 aliphatic rings. The smallest absolute Gasteiger partial charge is 0.258 e. The average molecular weight is 419 g/mol. The van der Waals surface area contributed by atoms with Gasteiger partial charge in [-0.05, 0) is 58.1 Å². The summed E-state index contributed by atoms with van der Waals surface area (Å²) in [5.74, 6) is 0.371. The highest BCUT2D eigenvalue weighted by Gasteiger charge is 2.35. The Bertz CT molecular complexity index is 1270. The second-order valence-electron chi connectivity index (χ2n) is 8.26. The fourth-order valence-electron chi connectivity index (χ4n) is 4.50. The fraction of sp³-hybridized carbons (Fsp3) is 0.304. The summed E-state index contributed by atoms with van der Waals surface area (Å²) in [6.07, 6.45) is 2.21. The van der Waals surface area contributed by atoms with E-state index in [1.807, 2.05) is 31.2 Å². The number of hydrogen-bond acceptors (Lipinski definition) is 4. The molecule has 4 aromatic rings. The number of nitrogens with zero attached hydrogens (tertiary/aromatic N) is 4. The van der Waals surface area contributed by atoms with Crippen LogP contribution >= 0.6 is 0 Å². The number of nitrogens with one attached hydrogen (secondary N) is 2. The van der Waals surface area contributed by atoms with Crippen LogP contribution in [-0.4, -0.2) is 38.3 Å². The van der Waals surface area contributed by atoms with Crippen molar-refractivity contribution >= 4 is 10.9 Å². The number of aromatic nitrogens is 5. The number of H-pyrrole nitrogens is 1. The number of tetrazole rings is 1. The Labute approximate surface area is 178 Å². The first kappa shape index (κ1) is 19.6. The maximum absolute atomic E-state index is 13.3. The number of aromatic amines is 1. The van der Waals surface area contributed by atoms with Crippen LogP contribution in [-0.2, 0) is 6.54 Å². The second kappa shape index (κ2) is 8.03. The Hall–Kier alpha value is -3.39. The molecule has 0 spiro atoms. The molecule has 1 fully saturated rings. The van der Waals surface area contributed by atoms with E-state index in [0.717, 1.165) is 48.0 Å². The Morgan fingerprint density at radius 2 is 1.90 bits per heavy atom. The zero-order chi connectivity index (χ0) is 21.4. The normalized spacial score (nSPS) is 15.5. The van der Waals surface area contributed by atoms with Crippen molar-refractivity contribution in [3.05, 3.63) is 87.2 Å². The molecule has 1 aliphatic heterocycles. The van der Waals surface area contributed by atoms with E-state index in [-0.39, 0.29) is 17.4 Å². The monoisotopic (exact) mass is 419 g/mol. The molecule has 5 rings (SSSR count). The number of fused-ring (bicyclic) bond motifs is 1. The summed E-state index contributed by atoms with van der Waals surface area (Å²) >= 11 is 0. The van der Waals surface area contributed by atoms with Gasteiger partial charge in [0.1, 0.15) is 5.82 Å². The van der Waals surface area contributed by atoms with Crippen LogP contribution in [0.25, 0.3) is 10.9 Å². The fourth-order valence-corrected chi connectivity index (χ4v) is 4.50. The summed E-state index contributed by atoms with van der Waals surface area (Å²) < 4.78 is 15.0. The van der Waals surface area contributed by atoms with E-state index in [1.165, 1.54) is 17.0 Å². The molecular formula is C23H24FN6O+. The van der Waals surface area contributed by atoms with E-state index < -0.39 is 0 Å². The molecule has 2 aromatic carbocycles. The van der Waals surface area contributed by atoms with E-state index in [4.69, 9.17) is 0 Å². The van der Waals surface area contributed by atoms with Crippen molar-refractivity contribution in [2.24, 2.45) is 0 Å². The average Bonchev–Trinajstić information content (AvgIpc) is 3.44. The molecule has 0 saturated carbocycles. The van der Waals surface area contributed by atoms with Crippen molar-refractivity contribution in [2.45, 2.75) is 32.4 Å². The molecule has 7 nitrogen and oxygen atoms in total. The van der Waals surface area contributed by atoms with Crippen LogP contribution in [0, 0.1) is 12.7 Å². The molecule has 0 amide bonds. The van der Waals surface area contributed by atoms with E-state index in [9.17, 15) is 9.18 Å². The van der Waals surface area contributed by atoms with Gasteiger partial charge in [-0.25, -0.2) is 9.07 Å². The Morgan fingerprint density at radius 1 is 1.13 bits per heavy atom. The molecule has 0 bridgehead atoms. The maximum Gasteiger partial charge on any atom is 0.258 e. The summed E-state index contributed by atoms with van der Waals surface area (Å²) in [4.78, 5) is 17.5. The van der Waals surface area contributed by atoms with Gasteiger partial charge in [-0.3, -0.25) is 4.79 Å². The van der Waals surface area contributed by atoms with Gasteiger partial charge in [0.05, 0.1) is 25.2 Å². The van der Waals surface area contributed by atoms with Crippen molar-refractivity contribution in [1.29, 1.82) is 0 Å². The van der Waals surface area contributed by atoms with Crippen molar-refractivity contribution in [2.75, 3.05) is 13.1 Å². The van der Waals surface area contributed by atoms with Gasteiger partial charge in [-0.2, -0.15) is 0 Å². The number of aryl methyl sites for hydroxylation is 1. The molecule has 0 aliphatic carbocycles. The molecule has 31 heavy (non-hydrogen) atoms. The number of benzene rings is 2. The molecule has 0 unspecified atom stereocenters. The van der Waals surface area contributed by atoms with E-state index >= 15 is 0 Å². The molecular weight excluding hydrogens is 395 g/mol. The molecule has 1 atom stereocenters. The summed E-state index contributed by atoms with van der Waals surface area (Å²) in [5.41, 5.74) is 3.38. The Kier molecular flexibility index (Phi) is 5.07. The van der Waals surface area contributed by atoms with Gasteiger partial charge < -0.3 is 9.88 Å². The largest absolute Gasteiger partial charge is 0.322 e. The lowest BCUT2D eigenvalue weighted by Gasteiger charge is -2.23. The van der Waals surface area contributed by atoms with Gasteiger partial charge in [-0.1, -0.05) is 24.3 Å². The highest BCUT2D eigenvalue weighted by Crippen LogP contribution is 2.20. The zero-order valence-corrected chi connectivity index (χ0v) is 17.3. The minimum Gasteiger partial charge on any atom is -0.322 e. The highest BCUT2D eigenvalue weighted by atomic mass is 19.1. The first-order chi connectivity index (χ1) is 15.1. The number of quaternary nitrogens is 1. The predicted octanol–water partition coefficient (Wildman–Crippen LogP) is 1.78. The van der Waals surface area contributed by atoms with Crippen LogP contribution in [0.1, 0.15) is 41.4 Å². The predicted molar refractivity (Wildman–Crippen MR) is 114 cm³/mol. The van der Waals surface area contributed by atoms with Crippen molar-refractivity contribution in [3.8, 4) is 0 Å². The molecule has 8 heteroatoms. The van der Waals surface area contributed by atoms with Gasteiger partial charge in [0, 0.05) is 18.4 Å². The second-order valence-corrected chi connectivity index (χ2v) is 8.26. The quantitative estimate of drug-likeness (QED) is 0.517. The zero-order valence-electron chi connectivity index (χ0n) is 17.3. The third kappa shape index (κ3) is 3.86. The molecule has 2 aromatic heterocycles. The summed E-state index contributed by atoms with van der Waals surface area (Å²) in [7, 11) is 0. The molecule has 158 valence electrons. The minimum absolute atomic E-state index is 0.112. The maximum atomic E-state index is 13.3. The van der Waals surface area contributed by atoms with Crippen LogP contribution in [0.15, 0.2) is 53.3 Å². The SMILES string of the molecule is Cc1ccc2cc([C@H](c3nnnn3Cc3ccc(F)cc3)[NH+]3CCCC3)c(=O)[nH]c2c1. The first-order valence-corrected chi connectivity index (χ1v) is 10.6. The summed E-state index contributed by atoms with van der Waals surface area (Å²) in [5, 5.41) is 13.4. The van der Waals surface area contributed by atoms with Crippen LogP contribution in [0.2, 0.25) is 0 Å². The first-order valence-electron chi connectivity index (χ1n) is 10.6. The van der Waals surface area contributed by atoms with Crippen molar-refractivity contribution in [1.82, 2.24) is 25.2 Å². The third-order valence-corrected chi connectivity index (χ3v) is 6.06. The number of hydrogen-bond donors (Lipinski definition) is 2. The van der Waals surface area contributed by atoms with Gasteiger partial charge in [0.15, 0.2) is 6.04 Å². The molecule has 1 saturated heterocycles. The highest BCUT2D eigenvalue weighted by molar-refractivity contribution is 5.79.